The highest BCUT2D eigenvalue weighted by atomic mass is 32.2. The highest BCUT2D eigenvalue weighted by Crippen LogP contribution is 2.25. The molecule has 1 fully saturated rings. The van der Waals surface area contributed by atoms with Crippen LogP contribution in [0.4, 0.5) is 0 Å². The molecule has 1 aliphatic heterocycles. The lowest BCUT2D eigenvalue weighted by Crippen LogP contribution is -2.27. The van der Waals surface area contributed by atoms with Crippen molar-refractivity contribution >= 4 is 17.6 Å². The van der Waals surface area contributed by atoms with Gasteiger partial charge in [-0.2, -0.15) is 0 Å². The minimum absolute atomic E-state index is 0.160. The van der Waals surface area contributed by atoms with Gasteiger partial charge in [0, 0.05) is 18.5 Å². The van der Waals surface area contributed by atoms with Crippen LogP contribution in [0.15, 0.2) is 0 Å². The molecule has 0 saturated carbocycles. The van der Waals surface area contributed by atoms with Crippen molar-refractivity contribution in [2.24, 2.45) is 5.73 Å². The Bertz CT molecular complexity index is 157. The van der Waals surface area contributed by atoms with E-state index in [1.807, 2.05) is 6.92 Å². The lowest BCUT2D eigenvalue weighted by atomic mass is 10.2. The summed E-state index contributed by atoms with van der Waals surface area (Å²) in [6, 6.07) is 0. The van der Waals surface area contributed by atoms with E-state index in [-0.39, 0.29) is 11.1 Å². The standard InChI is InChI=1S/C8H16N2OS/c1-6(8(9)10)12-7-2-4-11-5-3-7/h6-7H,2-5H2,1H3,(H3,9,10). The predicted octanol–water partition coefficient (Wildman–Crippen LogP) is 1.22. The molecular formula is C8H16N2OS. The zero-order chi connectivity index (χ0) is 8.97. The van der Waals surface area contributed by atoms with Crippen LogP contribution >= 0.6 is 11.8 Å². The van der Waals surface area contributed by atoms with Gasteiger partial charge in [0.2, 0.25) is 0 Å². The van der Waals surface area contributed by atoms with Gasteiger partial charge in [0.05, 0.1) is 5.25 Å². The molecule has 1 aliphatic rings. The fraction of sp³-hybridized carbons (Fsp3) is 0.875. The first-order valence-electron chi connectivity index (χ1n) is 4.27. The Kier molecular flexibility index (Phi) is 3.88. The summed E-state index contributed by atoms with van der Waals surface area (Å²) in [6.07, 6.45) is 2.20. The van der Waals surface area contributed by atoms with Gasteiger partial charge in [-0.15, -0.1) is 11.8 Å². The van der Waals surface area contributed by atoms with Gasteiger partial charge in [0.15, 0.2) is 0 Å². The topological polar surface area (TPSA) is 59.1 Å². The second-order valence-electron chi connectivity index (χ2n) is 3.05. The molecule has 3 nitrogen and oxygen atoms in total. The number of hydrogen-bond donors (Lipinski definition) is 2. The minimum atomic E-state index is 0.160. The van der Waals surface area contributed by atoms with Crippen LogP contribution in [0.2, 0.25) is 0 Å². The van der Waals surface area contributed by atoms with E-state index in [1.54, 1.807) is 11.8 Å². The summed E-state index contributed by atoms with van der Waals surface area (Å²) in [4.78, 5) is 0. The quantitative estimate of drug-likeness (QED) is 0.517. The number of thioether (sulfide) groups is 1. The Morgan fingerprint density at radius 2 is 2.17 bits per heavy atom. The third-order valence-electron chi connectivity index (χ3n) is 2.00. The van der Waals surface area contributed by atoms with Crippen molar-refractivity contribution in [2.75, 3.05) is 13.2 Å². The molecule has 12 heavy (non-hydrogen) atoms. The normalized spacial score (nSPS) is 22.1. The smallest absolute Gasteiger partial charge is 0.104 e. The largest absolute Gasteiger partial charge is 0.387 e. The second-order valence-corrected chi connectivity index (χ2v) is 4.69. The van der Waals surface area contributed by atoms with Gasteiger partial charge >= 0.3 is 0 Å². The van der Waals surface area contributed by atoms with E-state index in [4.69, 9.17) is 15.9 Å². The maximum Gasteiger partial charge on any atom is 0.104 e. The SMILES string of the molecule is CC(SC1CCOCC1)C(=N)N. The van der Waals surface area contributed by atoms with Gasteiger partial charge in [-0.25, -0.2) is 0 Å². The van der Waals surface area contributed by atoms with E-state index in [0.717, 1.165) is 26.1 Å². The van der Waals surface area contributed by atoms with E-state index in [9.17, 15) is 0 Å². The average molecular weight is 188 g/mol. The van der Waals surface area contributed by atoms with Crippen LogP contribution in [0.5, 0.6) is 0 Å². The average Bonchev–Trinajstić information content (AvgIpc) is 2.06. The van der Waals surface area contributed by atoms with Crippen LogP contribution in [-0.2, 0) is 4.74 Å². The first-order chi connectivity index (χ1) is 5.70. The van der Waals surface area contributed by atoms with Crippen molar-refractivity contribution in [3.05, 3.63) is 0 Å². The molecule has 3 N–H and O–H groups in total. The number of nitrogens with one attached hydrogen (secondary N) is 1. The summed E-state index contributed by atoms with van der Waals surface area (Å²) in [5.41, 5.74) is 5.38. The molecule has 1 heterocycles. The number of nitrogens with two attached hydrogens (primary N) is 1. The summed E-state index contributed by atoms with van der Waals surface area (Å²) < 4.78 is 5.24. The molecule has 0 bridgehead atoms. The summed E-state index contributed by atoms with van der Waals surface area (Å²) in [6.45, 7) is 3.72. The van der Waals surface area contributed by atoms with Gasteiger partial charge in [0.1, 0.15) is 5.84 Å². The summed E-state index contributed by atoms with van der Waals surface area (Å²) in [5, 5.41) is 8.04. The molecule has 1 unspecified atom stereocenters. The van der Waals surface area contributed by atoms with Gasteiger partial charge in [-0.05, 0) is 19.8 Å². The van der Waals surface area contributed by atoms with E-state index in [0.29, 0.717) is 5.25 Å². The van der Waals surface area contributed by atoms with Crippen molar-refractivity contribution in [1.29, 1.82) is 5.41 Å². The van der Waals surface area contributed by atoms with E-state index < -0.39 is 0 Å². The highest BCUT2D eigenvalue weighted by Gasteiger charge is 2.18. The number of ether oxygens (including phenoxy) is 1. The molecule has 0 aromatic rings. The van der Waals surface area contributed by atoms with E-state index in [1.165, 1.54) is 0 Å². The number of amidine groups is 1. The Labute approximate surface area is 77.5 Å². The Morgan fingerprint density at radius 3 is 2.67 bits per heavy atom. The van der Waals surface area contributed by atoms with Gasteiger partial charge in [-0.1, -0.05) is 0 Å². The zero-order valence-electron chi connectivity index (χ0n) is 7.38. The third kappa shape index (κ3) is 3.03. The van der Waals surface area contributed by atoms with Crippen LogP contribution in [0, 0.1) is 5.41 Å². The molecule has 4 heteroatoms. The lowest BCUT2D eigenvalue weighted by Gasteiger charge is -2.23. The molecule has 0 radical (unpaired) electrons. The Morgan fingerprint density at radius 1 is 1.58 bits per heavy atom. The molecule has 70 valence electrons. The van der Waals surface area contributed by atoms with Crippen LogP contribution in [0.3, 0.4) is 0 Å². The van der Waals surface area contributed by atoms with E-state index >= 15 is 0 Å². The molecule has 1 saturated heterocycles. The van der Waals surface area contributed by atoms with Crippen molar-refractivity contribution in [2.45, 2.75) is 30.3 Å². The van der Waals surface area contributed by atoms with Gasteiger partial charge < -0.3 is 10.5 Å². The molecule has 1 rings (SSSR count). The summed E-state index contributed by atoms with van der Waals surface area (Å²) in [7, 11) is 0. The third-order valence-corrected chi connectivity index (χ3v) is 3.52. The van der Waals surface area contributed by atoms with Crippen molar-refractivity contribution in [3.63, 3.8) is 0 Å². The lowest BCUT2D eigenvalue weighted by molar-refractivity contribution is 0.1000. The monoisotopic (exact) mass is 188 g/mol. The number of rotatable bonds is 3. The molecular weight excluding hydrogens is 172 g/mol. The molecule has 0 amide bonds. The molecule has 0 spiro atoms. The van der Waals surface area contributed by atoms with Crippen molar-refractivity contribution in [1.82, 2.24) is 0 Å². The Balaban J connectivity index is 2.24. The molecule has 0 aromatic heterocycles. The van der Waals surface area contributed by atoms with Crippen LogP contribution in [-0.4, -0.2) is 29.5 Å². The maximum atomic E-state index is 7.24. The van der Waals surface area contributed by atoms with Crippen molar-refractivity contribution < 1.29 is 4.74 Å². The fourth-order valence-corrected chi connectivity index (χ4v) is 2.36. The van der Waals surface area contributed by atoms with Crippen molar-refractivity contribution in [3.8, 4) is 0 Å². The number of hydrogen-bond acceptors (Lipinski definition) is 3. The highest BCUT2D eigenvalue weighted by molar-refractivity contribution is 8.01. The van der Waals surface area contributed by atoms with E-state index in [2.05, 4.69) is 0 Å². The van der Waals surface area contributed by atoms with Gasteiger partial charge in [-0.3, -0.25) is 5.41 Å². The zero-order valence-corrected chi connectivity index (χ0v) is 8.19. The second kappa shape index (κ2) is 4.72. The van der Waals surface area contributed by atoms with Crippen LogP contribution in [0.25, 0.3) is 0 Å². The predicted molar refractivity (Wildman–Crippen MR) is 52.8 cm³/mol. The summed E-state index contributed by atoms with van der Waals surface area (Å²) in [5.74, 6) is 0.284. The molecule has 0 aromatic carbocycles. The maximum absolute atomic E-state index is 7.24. The first kappa shape index (κ1) is 9.86. The fourth-order valence-electron chi connectivity index (χ4n) is 1.17. The molecule has 1 atom stereocenters. The summed E-state index contributed by atoms with van der Waals surface area (Å²) >= 11 is 1.80. The first-order valence-corrected chi connectivity index (χ1v) is 5.21. The minimum Gasteiger partial charge on any atom is -0.387 e. The van der Waals surface area contributed by atoms with Crippen LogP contribution < -0.4 is 5.73 Å². The van der Waals surface area contributed by atoms with Gasteiger partial charge in [0.25, 0.3) is 0 Å². The molecule has 0 aliphatic carbocycles. The van der Waals surface area contributed by atoms with Crippen LogP contribution in [0.1, 0.15) is 19.8 Å². The Hall–Kier alpha value is -0.220.